The lowest BCUT2D eigenvalue weighted by Crippen LogP contribution is -2.70. The molecule has 6 heterocycles. The SMILES string of the molecule is CC(=O)NC1C(OC2C(O)C(CO)OC(OC3C(CO)OC(O)C(O)C3O)C2O)OC(CO)C(OC2OC(CO)C(O)C(OC3OC(CO)C(O)C(O)C3O)C2OC2OC(C)C(O)C(O)C2O)C1O. The Morgan fingerprint density at radius 2 is 0.783 bits per heavy atom. The van der Waals surface area contributed by atoms with Crippen molar-refractivity contribution in [1.29, 1.82) is 0 Å². The zero-order valence-electron chi connectivity index (χ0n) is 36.8. The van der Waals surface area contributed by atoms with Crippen molar-refractivity contribution in [3.05, 3.63) is 0 Å². The van der Waals surface area contributed by atoms with Gasteiger partial charge >= 0.3 is 0 Å². The van der Waals surface area contributed by atoms with Gasteiger partial charge in [0, 0.05) is 6.92 Å². The molecule has 31 heteroatoms. The van der Waals surface area contributed by atoms with E-state index in [1.54, 1.807) is 0 Å². The van der Waals surface area contributed by atoms with Gasteiger partial charge in [0.25, 0.3) is 0 Å². The minimum atomic E-state index is -2.14. The van der Waals surface area contributed by atoms with E-state index in [0.717, 1.165) is 6.92 Å². The summed E-state index contributed by atoms with van der Waals surface area (Å²) in [6.45, 7) is -2.63. The summed E-state index contributed by atoms with van der Waals surface area (Å²) in [7, 11) is 0. The van der Waals surface area contributed by atoms with Gasteiger partial charge in [0.15, 0.2) is 37.7 Å². The Morgan fingerprint density at radius 3 is 1.35 bits per heavy atom. The minimum absolute atomic E-state index is 0.869. The topological polar surface area (TPSA) is 495 Å². The lowest BCUT2D eigenvalue weighted by Gasteiger charge is -2.51. The molecule has 0 spiro atoms. The first-order chi connectivity index (χ1) is 32.6. The number of carbonyl (C=O) groups excluding carboxylic acids is 1. The summed E-state index contributed by atoms with van der Waals surface area (Å²) in [5.74, 6) is -0.869. The molecule has 30 atom stereocenters. The Kier molecular flexibility index (Phi) is 19.8. The van der Waals surface area contributed by atoms with E-state index in [1.165, 1.54) is 6.92 Å². The van der Waals surface area contributed by atoms with Gasteiger partial charge in [-0.15, -0.1) is 0 Å². The van der Waals surface area contributed by atoms with E-state index in [2.05, 4.69) is 5.32 Å². The second kappa shape index (κ2) is 24.1. The summed E-state index contributed by atoms with van der Waals surface area (Å²) >= 11 is 0. The number of carbonyl (C=O) groups is 1. The molecule has 0 aromatic heterocycles. The summed E-state index contributed by atoms with van der Waals surface area (Å²) in [6, 6.07) is -1.82. The van der Waals surface area contributed by atoms with Crippen molar-refractivity contribution in [1.82, 2.24) is 5.32 Å². The summed E-state index contributed by atoms with van der Waals surface area (Å²) < 4.78 is 63.1. The van der Waals surface area contributed by atoms with Crippen molar-refractivity contribution < 1.29 is 149 Å². The number of hydrogen-bond acceptors (Lipinski definition) is 30. The summed E-state index contributed by atoms with van der Waals surface area (Å²) in [4.78, 5) is 12.7. The molecule has 1 amide bonds. The van der Waals surface area contributed by atoms with Crippen LogP contribution in [0.2, 0.25) is 0 Å². The van der Waals surface area contributed by atoms with Crippen molar-refractivity contribution in [2.45, 2.75) is 198 Å². The number of amides is 1. The molecule has 30 unspecified atom stereocenters. The van der Waals surface area contributed by atoms with Crippen molar-refractivity contribution in [3.8, 4) is 0 Å². The quantitative estimate of drug-likeness (QED) is 0.0682. The first-order valence-corrected chi connectivity index (χ1v) is 22.0. The van der Waals surface area contributed by atoms with E-state index >= 15 is 0 Å². The van der Waals surface area contributed by atoms with Crippen molar-refractivity contribution in [2.24, 2.45) is 0 Å². The predicted octanol–water partition coefficient (Wildman–Crippen LogP) is -12.9. The van der Waals surface area contributed by atoms with E-state index in [1.807, 2.05) is 0 Å². The third kappa shape index (κ3) is 11.8. The predicted molar refractivity (Wildman–Crippen MR) is 209 cm³/mol. The number of aliphatic hydroxyl groups is 18. The van der Waals surface area contributed by atoms with Gasteiger partial charge < -0.3 is 149 Å². The fraction of sp³-hybridized carbons (Fsp3) is 0.974. The minimum Gasteiger partial charge on any atom is -0.394 e. The monoisotopic (exact) mass is 1020 g/mol. The Hall–Kier alpha value is -1.69. The fourth-order valence-electron chi connectivity index (χ4n) is 8.83. The standard InChI is InChI=1S/C38H65NO30/c1-8-16(46)21(51)25(55)35(59-8)69-32-31(68-36-26(56)22(52)17(47)10(3-40)61-36)19(49)12(5-42)63-38(32)66-28-14(7-44)64-34(15(20(28)50)39-9(2)45)67-30-18(48)11(4-41)62-37(27(30)57)65-29-13(6-43)60-33(58)24(54)23(29)53/h8,10-38,40-44,46-58H,3-7H2,1-2H3,(H,39,45). The van der Waals surface area contributed by atoms with Crippen molar-refractivity contribution in [3.63, 3.8) is 0 Å². The van der Waals surface area contributed by atoms with Crippen molar-refractivity contribution in [2.75, 3.05) is 33.0 Å². The highest BCUT2D eigenvalue weighted by Crippen LogP contribution is 2.38. The summed E-state index contributed by atoms with van der Waals surface area (Å²) in [6.07, 6.45) is -55.0. The zero-order valence-corrected chi connectivity index (χ0v) is 36.8. The fourth-order valence-corrected chi connectivity index (χ4v) is 8.83. The molecular formula is C38H65NO30. The summed E-state index contributed by atoms with van der Waals surface area (Å²) in [5, 5.41) is 194. The van der Waals surface area contributed by atoms with Crippen LogP contribution in [0, 0.1) is 0 Å². The lowest BCUT2D eigenvalue weighted by atomic mass is 9.94. The number of ether oxygens (including phenoxy) is 11. The van der Waals surface area contributed by atoms with Gasteiger partial charge in [0.1, 0.15) is 140 Å². The van der Waals surface area contributed by atoms with Crippen LogP contribution >= 0.6 is 0 Å². The summed E-state index contributed by atoms with van der Waals surface area (Å²) in [5.41, 5.74) is 0. The largest absolute Gasteiger partial charge is 0.394 e. The van der Waals surface area contributed by atoms with E-state index in [4.69, 9.17) is 52.1 Å². The molecule has 6 saturated heterocycles. The molecule has 0 aromatic carbocycles. The molecule has 69 heavy (non-hydrogen) atoms. The van der Waals surface area contributed by atoms with Crippen molar-refractivity contribution >= 4 is 5.91 Å². The molecule has 6 fully saturated rings. The molecule has 6 rings (SSSR count). The van der Waals surface area contributed by atoms with Crippen LogP contribution in [0.5, 0.6) is 0 Å². The molecule has 402 valence electrons. The van der Waals surface area contributed by atoms with Crippen LogP contribution in [0.15, 0.2) is 0 Å². The van der Waals surface area contributed by atoms with E-state index < -0.39 is 223 Å². The van der Waals surface area contributed by atoms with Crippen LogP contribution < -0.4 is 5.32 Å². The van der Waals surface area contributed by atoms with Crippen LogP contribution in [0.4, 0.5) is 0 Å². The van der Waals surface area contributed by atoms with Crippen LogP contribution in [-0.2, 0) is 56.9 Å². The van der Waals surface area contributed by atoms with Gasteiger partial charge in [-0.3, -0.25) is 4.79 Å². The number of aliphatic hydroxyl groups excluding tert-OH is 18. The smallest absolute Gasteiger partial charge is 0.217 e. The Balaban J connectivity index is 1.30. The lowest BCUT2D eigenvalue weighted by molar-refractivity contribution is -0.405. The Bertz CT molecular complexity index is 1610. The molecule has 6 aliphatic rings. The van der Waals surface area contributed by atoms with Gasteiger partial charge in [-0.25, -0.2) is 0 Å². The Labute approximate surface area is 390 Å². The maximum absolute atomic E-state index is 12.7. The molecule has 19 N–H and O–H groups in total. The number of hydrogen-bond donors (Lipinski definition) is 19. The molecule has 0 aromatic rings. The van der Waals surface area contributed by atoms with Crippen LogP contribution in [0.25, 0.3) is 0 Å². The normalized spacial score (nSPS) is 52.1. The number of rotatable bonds is 16. The van der Waals surface area contributed by atoms with E-state index in [0.29, 0.717) is 0 Å². The molecular weight excluding hydrogens is 950 g/mol. The number of nitrogens with one attached hydrogen (secondary N) is 1. The maximum Gasteiger partial charge on any atom is 0.217 e. The second-order valence-corrected chi connectivity index (χ2v) is 17.5. The van der Waals surface area contributed by atoms with Crippen LogP contribution in [0.1, 0.15) is 13.8 Å². The first kappa shape index (κ1) is 56.6. The van der Waals surface area contributed by atoms with E-state index in [9.17, 15) is 96.7 Å². The molecule has 0 bridgehead atoms. The third-order valence-corrected chi connectivity index (χ3v) is 12.8. The van der Waals surface area contributed by atoms with Gasteiger partial charge in [-0.2, -0.15) is 0 Å². The molecule has 0 radical (unpaired) electrons. The van der Waals surface area contributed by atoms with E-state index in [-0.39, 0.29) is 0 Å². The van der Waals surface area contributed by atoms with Crippen LogP contribution in [-0.4, -0.2) is 315 Å². The molecule has 6 aliphatic heterocycles. The average Bonchev–Trinajstić information content (AvgIpc) is 3.32. The van der Waals surface area contributed by atoms with Gasteiger partial charge in [-0.05, 0) is 6.92 Å². The first-order valence-electron chi connectivity index (χ1n) is 22.0. The highest BCUT2D eigenvalue weighted by molar-refractivity contribution is 5.73. The Morgan fingerprint density at radius 1 is 0.377 bits per heavy atom. The average molecular weight is 1020 g/mol. The van der Waals surface area contributed by atoms with Gasteiger partial charge in [0.05, 0.1) is 39.1 Å². The zero-order chi connectivity index (χ0) is 50.9. The molecule has 0 aliphatic carbocycles. The molecule has 0 saturated carbocycles. The second-order valence-electron chi connectivity index (χ2n) is 17.5. The van der Waals surface area contributed by atoms with Gasteiger partial charge in [-0.1, -0.05) is 0 Å². The highest BCUT2D eigenvalue weighted by Gasteiger charge is 2.58. The van der Waals surface area contributed by atoms with Crippen LogP contribution in [0.3, 0.4) is 0 Å². The molecule has 31 nitrogen and oxygen atoms in total. The maximum atomic E-state index is 12.7. The highest BCUT2D eigenvalue weighted by atomic mass is 16.8. The van der Waals surface area contributed by atoms with Gasteiger partial charge in [0.2, 0.25) is 5.91 Å². The third-order valence-electron chi connectivity index (χ3n) is 12.8.